The molecule has 1 aromatic rings. The Balaban J connectivity index is 3.27. The van der Waals surface area contributed by atoms with E-state index in [0.717, 1.165) is 31.5 Å². The van der Waals surface area contributed by atoms with Gasteiger partial charge in [0.1, 0.15) is 5.69 Å². The molecule has 4 heteroatoms. The third-order valence-corrected chi connectivity index (χ3v) is 2.60. The Hall–Kier alpha value is -1.19. The lowest BCUT2D eigenvalue weighted by Crippen LogP contribution is -2.23. The first-order valence-electron chi connectivity index (χ1n) is 5.75. The Kier molecular flexibility index (Phi) is 4.00. The van der Waals surface area contributed by atoms with Gasteiger partial charge in [-0.25, -0.2) is 4.68 Å². The van der Waals surface area contributed by atoms with Crippen LogP contribution < -0.4 is 11.3 Å². The SMILES string of the molecule is CCCc1c(N)c(=O)n(CC)n1CCC. The molecule has 0 fully saturated rings. The Morgan fingerprint density at radius 3 is 2.27 bits per heavy atom. The number of aromatic nitrogens is 2. The summed E-state index contributed by atoms with van der Waals surface area (Å²) in [6.07, 6.45) is 2.92. The zero-order chi connectivity index (χ0) is 11.4. The highest BCUT2D eigenvalue weighted by atomic mass is 16.1. The summed E-state index contributed by atoms with van der Waals surface area (Å²) < 4.78 is 3.78. The molecule has 4 nitrogen and oxygen atoms in total. The Labute approximate surface area is 90.7 Å². The molecule has 0 bridgehead atoms. The van der Waals surface area contributed by atoms with Crippen LogP contribution in [0.1, 0.15) is 39.3 Å². The fraction of sp³-hybridized carbons (Fsp3) is 0.727. The summed E-state index contributed by atoms with van der Waals surface area (Å²) in [4.78, 5) is 11.8. The van der Waals surface area contributed by atoms with Gasteiger partial charge in [0.25, 0.3) is 5.56 Å². The van der Waals surface area contributed by atoms with Gasteiger partial charge in [-0.1, -0.05) is 20.3 Å². The van der Waals surface area contributed by atoms with E-state index in [1.54, 1.807) is 4.68 Å². The summed E-state index contributed by atoms with van der Waals surface area (Å²) in [6, 6.07) is 0. The average molecular weight is 211 g/mol. The highest BCUT2D eigenvalue weighted by Crippen LogP contribution is 2.11. The van der Waals surface area contributed by atoms with Crippen LogP contribution in [0.4, 0.5) is 5.69 Å². The molecule has 1 heterocycles. The summed E-state index contributed by atoms with van der Waals surface area (Å²) in [5.41, 5.74) is 7.25. The maximum atomic E-state index is 11.8. The lowest BCUT2D eigenvalue weighted by atomic mass is 10.2. The van der Waals surface area contributed by atoms with Gasteiger partial charge in [0.2, 0.25) is 0 Å². The standard InChI is InChI=1S/C11H21N3O/c1-4-7-9-10(12)11(15)13(6-3)14(9)8-5-2/h4-8,12H2,1-3H3. The number of hydrogen-bond donors (Lipinski definition) is 1. The van der Waals surface area contributed by atoms with Gasteiger partial charge in [-0.3, -0.25) is 9.48 Å². The number of nitrogen functional groups attached to an aromatic ring is 1. The van der Waals surface area contributed by atoms with Crippen LogP contribution in [0.2, 0.25) is 0 Å². The molecule has 0 radical (unpaired) electrons. The minimum atomic E-state index is -0.0330. The summed E-state index contributed by atoms with van der Waals surface area (Å²) in [5, 5.41) is 0. The quantitative estimate of drug-likeness (QED) is 0.804. The lowest BCUT2D eigenvalue weighted by Gasteiger charge is -2.12. The van der Waals surface area contributed by atoms with E-state index in [0.29, 0.717) is 12.2 Å². The number of anilines is 1. The first-order valence-corrected chi connectivity index (χ1v) is 5.75. The van der Waals surface area contributed by atoms with E-state index in [4.69, 9.17) is 5.73 Å². The fourth-order valence-corrected chi connectivity index (χ4v) is 1.94. The highest BCUT2D eigenvalue weighted by Gasteiger charge is 2.14. The third kappa shape index (κ3) is 2.08. The van der Waals surface area contributed by atoms with Gasteiger partial charge >= 0.3 is 0 Å². The van der Waals surface area contributed by atoms with Crippen LogP contribution in [0.3, 0.4) is 0 Å². The van der Waals surface area contributed by atoms with E-state index in [-0.39, 0.29) is 5.56 Å². The van der Waals surface area contributed by atoms with Crippen molar-refractivity contribution in [1.82, 2.24) is 9.36 Å². The summed E-state index contributed by atoms with van der Waals surface area (Å²) in [7, 11) is 0. The number of rotatable bonds is 5. The van der Waals surface area contributed by atoms with Gasteiger partial charge in [-0.15, -0.1) is 0 Å². The molecule has 0 amide bonds. The molecule has 0 atom stereocenters. The Bertz CT molecular complexity index is 376. The normalized spacial score (nSPS) is 10.9. The molecular weight excluding hydrogens is 190 g/mol. The molecule has 0 aliphatic carbocycles. The van der Waals surface area contributed by atoms with E-state index in [9.17, 15) is 4.79 Å². The molecular formula is C11H21N3O. The molecule has 86 valence electrons. The van der Waals surface area contributed by atoms with Crippen LogP contribution in [0.5, 0.6) is 0 Å². The molecule has 0 spiro atoms. The average Bonchev–Trinajstić information content (AvgIpc) is 2.44. The molecule has 0 aliphatic rings. The molecule has 0 aromatic carbocycles. The summed E-state index contributed by atoms with van der Waals surface area (Å²) in [5.74, 6) is 0. The van der Waals surface area contributed by atoms with E-state index in [2.05, 4.69) is 13.8 Å². The molecule has 1 aromatic heterocycles. The molecule has 1 rings (SSSR count). The predicted octanol–water partition coefficient (Wildman–Crippen LogP) is 1.61. The fourth-order valence-electron chi connectivity index (χ4n) is 1.94. The minimum Gasteiger partial charge on any atom is -0.393 e. The number of hydrogen-bond acceptors (Lipinski definition) is 2. The van der Waals surface area contributed by atoms with Crippen molar-refractivity contribution in [2.24, 2.45) is 0 Å². The van der Waals surface area contributed by atoms with Gasteiger partial charge in [-0.2, -0.15) is 0 Å². The second-order valence-electron chi connectivity index (χ2n) is 3.75. The molecule has 15 heavy (non-hydrogen) atoms. The topological polar surface area (TPSA) is 53.0 Å². The van der Waals surface area contributed by atoms with Crippen molar-refractivity contribution in [2.75, 3.05) is 5.73 Å². The van der Waals surface area contributed by atoms with E-state index < -0.39 is 0 Å². The van der Waals surface area contributed by atoms with Gasteiger partial charge in [0.15, 0.2) is 0 Å². The largest absolute Gasteiger partial charge is 0.393 e. The molecule has 2 N–H and O–H groups in total. The zero-order valence-electron chi connectivity index (χ0n) is 9.92. The van der Waals surface area contributed by atoms with E-state index >= 15 is 0 Å². The van der Waals surface area contributed by atoms with Crippen LogP contribution >= 0.6 is 0 Å². The van der Waals surface area contributed by atoms with Crippen molar-refractivity contribution in [2.45, 2.75) is 53.1 Å². The van der Waals surface area contributed by atoms with Crippen LogP contribution in [-0.4, -0.2) is 9.36 Å². The number of nitrogens with zero attached hydrogens (tertiary/aromatic N) is 2. The second kappa shape index (κ2) is 5.05. The maximum Gasteiger partial charge on any atom is 0.290 e. The summed E-state index contributed by atoms with van der Waals surface area (Å²) >= 11 is 0. The minimum absolute atomic E-state index is 0.0330. The Morgan fingerprint density at radius 2 is 1.80 bits per heavy atom. The van der Waals surface area contributed by atoms with Gasteiger partial charge in [0, 0.05) is 13.1 Å². The predicted molar refractivity (Wildman–Crippen MR) is 63.1 cm³/mol. The van der Waals surface area contributed by atoms with Crippen molar-refractivity contribution in [1.29, 1.82) is 0 Å². The smallest absolute Gasteiger partial charge is 0.290 e. The molecule has 0 saturated heterocycles. The van der Waals surface area contributed by atoms with Crippen LogP contribution in [0, 0.1) is 0 Å². The van der Waals surface area contributed by atoms with Crippen molar-refractivity contribution >= 4 is 5.69 Å². The van der Waals surface area contributed by atoms with Crippen molar-refractivity contribution < 1.29 is 0 Å². The van der Waals surface area contributed by atoms with Crippen molar-refractivity contribution in [3.05, 3.63) is 16.0 Å². The van der Waals surface area contributed by atoms with Crippen LogP contribution in [0.25, 0.3) is 0 Å². The number of nitrogens with two attached hydrogens (primary N) is 1. The van der Waals surface area contributed by atoms with Crippen LogP contribution in [0.15, 0.2) is 4.79 Å². The molecule has 0 aliphatic heterocycles. The van der Waals surface area contributed by atoms with Crippen LogP contribution in [-0.2, 0) is 19.5 Å². The molecule has 0 saturated carbocycles. The Morgan fingerprint density at radius 1 is 1.13 bits per heavy atom. The van der Waals surface area contributed by atoms with Crippen molar-refractivity contribution in [3.8, 4) is 0 Å². The zero-order valence-corrected chi connectivity index (χ0v) is 9.92. The van der Waals surface area contributed by atoms with Gasteiger partial charge in [0.05, 0.1) is 5.69 Å². The molecule has 0 unspecified atom stereocenters. The first kappa shape index (κ1) is 11.9. The lowest BCUT2D eigenvalue weighted by molar-refractivity contribution is 0.439. The van der Waals surface area contributed by atoms with Gasteiger partial charge < -0.3 is 5.73 Å². The van der Waals surface area contributed by atoms with Crippen molar-refractivity contribution in [3.63, 3.8) is 0 Å². The van der Waals surface area contributed by atoms with E-state index in [1.165, 1.54) is 0 Å². The van der Waals surface area contributed by atoms with Gasteiger partial charge in [-0.05, 0) is 19.8 Å². The summed E-state index contributed by atoms with van der Waals surface area (Å²) in [6.45, 7) is 7.74. The monoisotopic (exact) mass is 211 g/mol. The first-order chi connectivity index (χ1) is 7.17. The maximum absolute atomic E-state index is 11.8. The highest BCUT2D eigenvalue weighted by molar-refractivity contribution is 5.41. The second-order valence-corrected chi connectivity index (χ2v) is 3.75. The van der Waals surface area contributed by atoms with E-state index in [1.807, 2.05) is 11.6 Å². The third-order valence-electron chi connectivity index (χ3n) is 2.60.